The van der Waals surface area contributed by atoms with Crippen LogP contribution in [0.25, 0.3) is 5.65 Å². The Hall–Kier alpha value is -2.81. The zero-order valence-corrected chi connectivity index (χ0v) is 17.3. The topological polar surface area (TPSA) is 96.2 Å². The summed E-state index contributed by atoms with van der Waals surface area (Å²) in [7, 11) is 0. The molecule has 1 aliphatic heterocycles. The number of ether oxygens (including phenoxy) is 1. The van der Waals surface area contributed by atoms with Gasteiger partial charge >= 0.3 is 5.56 Å². The Morgan fingerprint density at radius 1 is 1.20 bits per heavy atom. The van der Waals surface area contributed by atoms with Crippen LogP contribution in [-0.2, 0) is 11.3 Å². The number of anilines is 1. The van der Waals surface area contributed by atoms with Gasteiger partial charge in [-0.25, -0.2) is 4.98 Å². The SMILES string of the molecule is O=C(NCc1ccc(Cl)c(Cl)c1)c1nc2c(N3CCOCC3)cccn2c(=O)c1O. The molecule has 0 radical (unpaired) electrons. The molecule has 1 aromatic carbocycles. The smallest absolute Gasteiger partial charge is 0.300 e. The van der Waals surface area contributed by atoms with E-state index in [1.54, 1.807) is 24.3 Å². The number of nitrogens with one attached hydrogen (secondary N) is 1. The first-order valence-electron chi connectivity index (χ1n) is 9.25. The van der Waals surface area contributed by atoms with Crippen molar-refractivity contribution in [2.45, 2.75) is 6.54 Å². The fraction of sp³-hybridized carbons (Fsp3) is 0.250. The summed E-state index contributed by atoms with van der Waals surface area (Å²) < 4.78 is 6.61. The number of hydrogen-bond donors (Lipinski definition) is 2. The van der Waals surface area contributed by atoms with Gasteiger partial charge in [0.1, 0.15) is 0 Å². The van der Waals surface area contributed by atoms with Crippen molar-refractivity contribution >= 4 is 40.4 Å². The first kappa shape index (κ1) is 20.5. The maximum absolute atomic E-state index is 12.7. The van der Waals surface area contributed by atoms with Crippen molar-refractivity contribution in [2.75, 3.05) is 31.2 Å². The van der Waals surface area contributed by atoms with Crippen molar-refractivity contribution < 1.29 is 14.6 Å². The van der Waals surface area contributed by atoms with Crippen LogP contribution in [0.1, 0.15) is 16.1 Å². The molecule has 0 spiro atoms. The lowest BCUT2D eigenvalue weighted by Crippen LogP contribution is -2.37. The average Bonchev–Trinajstić information content (AvgIpc) is 2.77. The molecule has 1 saturated heterocycles. The van der Waals surface area contributed by atoms with Gasteiger partial charge in [-0.2, -0.15) is 0 Å². The number of aromatic hydroxyl groups is 1. The van der Waals surface area contributed by atoms with Gasteiger partial charge in [0.15, 0.2) is 11.3 Å². The number of fused-ring (bicyclic) bond motifs is 1. The predicted octanol–water partition coefficient (Wildman–Crippen LogP) is 2.47. The van der Waals surface area contributed by atoms with Crippen LogP contribution >= 0.6 is 23.2 Å². The van der Waals surface area contributed by atoms with Gasteiger partial charge in [-0.15, -0.1) is 0 Å². The lowest BCUT2D eigenvalue weighted by molar-refractivity contribution is 0.0942. The van der Waals surface area contributed by atoms with Crippen LogP contribution in [0.5, 0.6) is 5.75 Å². The van der Waals surface area contributed by atoms with Gasteiger partial charge in [0.05, 0.1) is 28.9 Å². The van der Waals surface area contributed by atoms with Gasteiger partial charge in [-0.05, 0) is 29.8 Å². The van der Waals surface area contributed by atoms with E-state index >= 15 is 0 Å². The first-order valence-corrected chi connectivity index (χ1v) is 10.0. The van der Waals surface area contributed by atoms with E-state index in [9.17, 15) is 14.7 Å². The van der Waals surface area contributed by atoms with Crippen molar-refractivity contribution in [3.05, 3.63) is 68.2 Å². The molecule has 156 valence electrons. The van der Waals surface area contributed by atoms with E-state index in [1.165, 1.54) is 10.6 Å². The van der Waals surface area contributed by atoms with E-state index in [4.69, 9.17) is 27.9 Å². The highest BCUT2D eigenvalue weighted by Gasteiger charge is 2.22. The van der Waals surface area contributed by atoms with Crippen molar-refractivity contribution in [1.82, 2.24) is 14.7 Å². The van der Waals surface area contributed by atoms with Crippen molar-refractivity contribution in [1.29, 1.82) is 0 Å². The van der Waals surface area contributed by atoms with E-state index in [1.807, 2.05) is 11.0 Å². The molecule has 0 aliphatic carbocycles. The van der Waals surface area contributed by atoms with Crippen LogP contribution in [0.4, 0.5) is 5.69 Å². The van der Waals surface area contributed by atoms with Crippen LogP contribution < -0.4 is 15.8 Å². The zero-order valence-electron chi connectivity index (χ0n) is 15.8. The van der Waals surface area contributed by atoms with Crippen LogP contribution in [0, 0.1) is 0 Å². The molecule has 10 heteroatoms. The number of benzene rings is 1. The third-order valence-corrected chi connectivity index (χ3v) is 5.55. The fourth-order valence-corrected chi connectivity index (χ4v) is 3.58. The minimum atomic E-state index is -0.713. The Morgan fingerprint density at radius 2 is 1.97 bits per heavy atom. The number of morpholine rings is 1. The molecular formula is C20H18Cl2N4O4. The maximum atomic E-state index is 12.7. The molecule has 8 nitrogen and oxygen atoms in total. The van der Waals surface area contributed by atoms with Crippen LogP contribution in [0.2, 0.25) is 10.0 Å². The molecule has 3 aromatic rings. The summed E-state index contributed by atoms with van der Waals surface area (Å²) in [6, 6.07) is 8.49. The molecule has 2 N–H and O–H groups in total. The third-order valence-electron chi connectivity index (χ3n) is 4.81. The highest BCUT2D eigenvalue weighted by atomic mass is 35.5. The summed E-state index contributed by atoms with van der Waals surface area (Å²) in [5.41, 5.74) is 0.651. The predicted molar refractivity (Wildman–Crippen MR) is 114 cm³/mol. The van der Waals surface area contributed by atoms with Gasteiger partial charge in [-0.3, -0.25) is 14.0 Å². The second kappa shape index (κ2) is 8.51. The summed E-state index contributed by atoms with van der Waals surface area (Å²) in [6.07, 6.45) is 1.51. The molecule has 0 saturated carbocycles. The largest absolute Gasteiger partial charge is 0.501 e. The molecular weight excluding hydrogens is 431 g/mol. The van der Waals surface area contributed by atoms with Crippen LogP contribution in [0.15, 0.2) is 41.3 Å². The number of rotatable bonds is 4. The minimum Gasteiger partial charge on any atom is -0.501 e. The highest BCUT2D eigenvalue weighted by Crippen LogP contribution is 2.24. The average molecular weight is 449 g/mol. The van der Waals surface area contributed by atoms with Gasteiger partial charge < -0.3 is 20.1 Å². The Labute approximate surface area is 181 Å². The maximum Gasteiger partial charge on any atom is 0.300 e. The lowest BCUT2D eigenvalue weighted by atomic mass is 10.2. The van der Waals surface area contributed by atoms with Gasteiger partial charge in [0.2, 0.25) is 5.75 Å². The molecule has 30 heavy (non-hydrogen) atoms. The summed E-state index contributed by atoms with van der Waals surface area (Å²) in [6.45, 7) is 2.51. The summed E-state index contributed by atoms with van der Waals surface area (Å²) in [4.78, 5) is 31.7. The van der Waals surface area contributed by atoms with Gasteiger partial charge in [0.25, 0.3) is 5.91 Å². The molecule has 4 rings (SSSR count). The number of carbonyl (C=O) groups is 1. The van der Waals surface area contributed by atoms with Crippen LogP contribution in [0.3, 0.4) is 0 Å². The standard InChI is InChI=1S/C20H18Cl2N4O4/c21-13-4-3-12(10-14(13)22)11-23-19(28)16-17(27)20(29)26-5-1-2-15(18(26)24-16)25-6-8-30-9-7-25/h1-5,10,27H,6-9,11H2,(H,23,28). The normalized spacial score (nSPS) is 14.1. The molecule has 1 amide bonds. The number of carbonyl (C=O) groups excluding carboxylic acids is 1. The van der Waals surface area contributed by atoms with Gasteiger partial charge in [-0.1, -0.05) is 29.3 Å². The van der Waals surface area contributed by atoms with E-state index in [2.05, 4.69) is 10.3 Å². The number of aromatic nitrogens is 2. The number of amides is 1. The van der Waals surface area contributed by atoms with Crippen LogP contribution in [-0.4, -0.2) is 46.7 Å². The van der Waals surface area contributed by atoms with Crippen molar-refractivity contribution in [3.8, 4) is 5.75 Å². The molecule has 0 unspecified atom stereocenters. The van der Waals surface area contributed by atoms with Gasteiger partial charge in [0, 0.05) is 25.8 Å². The summed E-state index contributed by atoms with van der Waals surface area (Å²) >= 11 is 11.9. The molecule has 0 bridgehead atoms. The summed E-state index contributed by atoms with van der Waals surface area (Å²) in [5, 5.41) is 13.7. The van der Waals surface area contributed by atoms with E-state index in [0.29, 0.717) is 53.2 Å². The molecule has 3 heterocycles. The number of hydrogen-bond acceptors (Lipinski definition) is 6. The molecule has 2 aromatic heterocycles. The minimum absolute atomic E-state index is 0.126. The molecule has 1 aliphatic rings. The second-order valence-corrected chi connectivity index (χ2v) is 7.55. The lowest BCUT2D eigenvalue weighted by Gasteiger charge is -2.29. The van der Waals surface area contributed by atoms with Crippen molar-refractivity contribution in [2.24, 2.45) is 0 Å². The van der Waals surface area contributed by atoms with E-state index in [0.717, 1.165) is 0 Å². The van der Waals surface area contributed by atoms with E-state index < -0.39 is 17.2 Å². The second-order valence-electron chi connectivity index (χ2n) is 6.73. The summed E-state index contributed by atoms with van der Waals surface area (Å²) in [5.74, 6) is -1.38. The quantitative estimate of drug-likeness (QED) is 0.636. The van der Waals surface area contributed by atoms with Crippen molar-refractivity contribution in [3.63, 3.8) is 0 Å². The first-order chi connectivity index (χ1) is 14.5. The number of nitrogens with zero attached hydrogens (tertiary/aromatic N) is 3. The Morgan fingerprint density at radius 3 is 2.70 bits per heavy atom. The Kier molecular flexibility index (Phi) is 5.80. The number of halogens is 2. The Balaban J connectivity index is 1.67. The molecule has 0 atom stereocenters. The Bertz CT molecular complexity index is 1180. The monoisotopic (exact) mass is 448 g/mol. The molecule has 1 fully saturated rings. The zero-order chi connectivity index (χ0) is 21.3. The fourth-order valence-electron chi connectivity index (χ4n) is 3.26. The number of pyridine rings is 1. The third kappa shape index (κ3) is 3.94. The highest BCUT2D eigenvalue weighted by molar-refractivity contribution is 6.42. The van der Waals surface area contributed by atoms with E-state index in [-0.39, 0.29) is 12.2 Å².